The molecule has 2 nitrogen and oxygen atoms in total. The van der Waals surface area contributed by atoms with Crippen LogP contribution in [0.4, 0.5) is 0 Å². The highest BCUT2D eigenvalue weighted by atomic mass is 35.5. The van der Waals surface area contributed by atoms with Crippen molar-refractivity contribution in [2.75, 3.05) is 5.75 Å². The van der Waals surface area contributed by atoms with E-state index in [2.05, 4.69) is 16.5 Å². The normalized spacial score (nSPS) is 13.2. The molecule has 0 N–H and O–H groups in total. The number of allylic oxidation sites excluding steroid dienone is 4. The molecule has 0 saturated heterocycles. The third-order valence-corrected chi connectivity index (χ3v) is 4.05. The lowest BCUT2D eigenvalue weighted by Gasteiger charge is -2.07. The number of rotatable bonds is 5. The molecule has 0 atom stereocenters. The lowest BCUT2D eigenvalue weighted by molar-refractivity contribution is 0.934. The number of halogens is 3. The van der Waals surface area contributed by atoms with Crippen molar-refractivity contribution in [1.82, 2.24) is 9.97 Å². The first-order valence-corrected chi connectivity index (χ1v) is 7.57. The van der Waals surface area contributed by atoms with Crippen LogP contribution in [0.1, 0.15) is 12.6 Å². The summed E-state index contributed by atoms with van der Waals surface area (Å²) in [6.45, 7) is 7.36. The van der Waals surface area contributed by atoms with E-state index in [4.69, 9.17) is 34.8 Å². The quantitative estimate of drug-likeness (QED) is 0.314. The molecule has 1 aromatic rings. The van der Waals surface area contributed by atoms with Gasteiger partial charge in [-0.3, -0.25) is 0 Å². The van der Waals surface area contributed by atoms with Gasteiger partial charge in [-0.05, 0) is 25.5 Å². The summed E-state index contributed by atoms with van der Waals surface area (Å²) < 4.78 is 0. The average molecular weight is 336 g/mol. The molecule has 0 fully saturated rings. The van der Waals surface area contributed by atoms with E-state index in [1.54, 1.807) is 18.2 Å². The first-order valence-electron chi connectivity index (χ1n) is 5.45. The Morgan fingerprint density at radius 2 is 2.11 bits per heavy atom. The zero-order chi connectivity index (χ0) is 14.4. The van der Waals surface area contributed by atoms with E-state index >= 15 is 0 Å². The van der Waals surface area contributed by atoms with Gasteiger partial charge in [-0.15, -0.1) is 0 Å². The van der Waals surface area contributed by atoms with E-state index in [-0.39, 0.29) is 0 Å². The van der Waals surface area contributed by atoms with E-state index in [1.165, 1.54) is 11.8 Å². The van der Waals surface area contributed by atoms with Crippen LogP contribution in [0, 0.1) is 6.92 Å². The molecule has 19 heavy (non-hydrogen) atoms. The Morgan fingerprint density at radius 3 is 2.63 bits per heavy atom. The Kier molecular flexibility index (Phi) is 6.94. The number of aromatic nitrogens is 2. The molecule has 1 aromatic heterocycles. The zero-order valence-electron chi connectivity index (χ0n) is 10.6. The number of hydrogen-bond donors (Lipinski definition) is 0. The first kappa shape index (κ1) is 16.6. The molecule has 102 valence electrons. The third kappa shape index (κ3) is 5.19. The SMILES string of the molecule is C=C/C(Cl)=C(CSc1nc(C)cc(Cl)n1)\C(Cl)=C/C. The molecule has 0 saturated carbocycles. The second kappa shape index (κ2) is 7.95. The highest BCUT2D eigenvalue weighted by Crippen LogP contribution is 2.28. The highest BCUT2D eigenvalue weighted by Gasteiger charge is 2.09. The Hall–Kier alpha value is -0.480. The van der Waals surface area contributed by atoms with Gasteiger partial charge in [-0.2, -0.15) is 0 Å². The van der Waals surface area contributed by atoms with Crippen LogP contribution in [0.3, 0.4) is 0 Å². The van der Waals surface area contributed by atoms with Gasteiger partial charge in [-0.25, -0.2) is 9.97 Å². The molecule has 0 radical (unpaired) electrons. The van der Waals surface area contributed by atoms with E-state index in [0.29, 0.717) is 26.1 Å². The van der Waals surface area contributed by atoms with Crippen LogP contribution in [0.15, 0.2) is 45.6 Å². The smallest absolute Gasteiger partial charge is 0.189 e. The molecule has 0 aromatic carbocycles. The predicted octanol–water partition coefficient (Wildman–Crippen LogP) is 5.35. The van der Waals surface area contributed by atoms with Gasteiger partial charge in [0.15, 0.2) is 5.16 Å². The topological polar surface area (TPSA) is 25.8 Å². The van der Waals surface area contributed by atoms with Crippen molar-refractivity contribution in [3.05, 3.63) is 51.3 Å². The van der Waals surface area contributed by atoms with Crippen molar-refractivity contribution >= 4 is 46.6 Å². The summed E-state index contributed by atoms with van der Waals surface area (Å²) >= 11 is 19.5. The van der Waals surface area contributed by atoms with Crippen LogP contribution in [0.25, 0.3) is 0 Å². The molecular weight excluding hydrogens is 323 g/mol. The van der Waals surface area contributed by atoms with Gasteiger partial charge in [0.25, 0.3) is 0 Å². The monoisotopic (exact) mass is 334 g/mol. The Labute approximate surface area is 132 Å². The third-order valence-electron chi connectivity index (χ3n) is 2.16. The number of nitrogens with zero attached hydrogens (tertiary/aromatic N) is 2. The van der Waals surface area contributed by atoms with Crippen LogP contribution >= 0.6 is 46.6 Å². The maximum atomic E-state index is 6.12. The number of aryl methyl sites for hydroxylation is 1. The van der Waals surface area contributed by atoms with Crippen molar-refractivity contribution in [1.29, 1.82) is 0 Å². The second-order valence-corrected chi connectivity index (χ2v) is 5.71. The molecule has 0 spiro atoms. The minimum absolute atomic E-state index is 0.424. The van der Waals surface area contributed by atoms with E-state index < -0.39 is 0 Å². The second-order valence-electron chi connectivity index (χ2n) is 3.57. The Balaban J connectivity index is 2.91. The van der Waals surface area contributed by atoms with Gasteiger partial charge in [0, 0.05) is 21.5 Å². The van der Waals surface area contributed by atoms with Crippen molar-refractivity contribution in [2.45, 2.75) is 19.0 Å². The molecule has 1 rings (SSSR count). The molecule has 0 aliphatic carbocycles. The van der Waals surface area contributed by atoms with Gasteiger partial charge < -0.3 is 0 Å². The summed E-state index contributed by atoms with van der Waals surface area (Å²) in [6, 6.07) is 1.71. The van der Waals surface area contributed by atoms with Gasteiger partial charge >= 0.3 is 0 Å². The summed E-state index contributed by atoms with van der Waals surface area (Å²) in [4.78, 5) is 8.43. The molecule has 0 aliphatic heterocycles. The van der Waals surface area contributed by atoms with Crippen molar-refractivity contribution in [3.63, 3.8) is 0 Å². The number of thioether (sulfide) groups is 1. The molecule has 1 heterocycles. The van der Waals surface area contributed by atoms with Crippen molar-refractivity contribution in [2.24, 2.45) is 0 Å². The van der Waals surface area contributed by atoms with Crippen LogP contribution in [-0.4, -0.2) is 15.7 Å². The zero-order valence-corrected chi connectivity index (χ0v) is 13.7. The van der Waals surface area contributed by atoms with E-state index in [1.807, 2.05) is 13.8 Å². The summed E-state index contributed by atoms with van der Waals surface area (Å²) in [6.07, 6.45) is 3.35. The lowest BCUT2D eigenvalue weighted by atomic mass is 10.2. The fourth-order valence-corrected chi connectivity index (χ4v) is 3.04. The molecule has 0 bridgehead atoms. The Morgan fingerprint density at radius 1 is 1.42 bits per heavy atom. The van der Waals surface area contributed by atoms with Crippen LogP contribution in [0.2, 0.25) is 5.15 Å². The number of hydrogen-bond acceptors (Lipinski definition) is 3. The maximum Gasteiger partial charge on any atom is 0.189 e. The minimum Gasteiger partial charge on any atom is -0.228 e. The average Bonchev–Trinajstić information content (AvgIpc) is 2.37. The fourth-order valence-electron chi connectivity index (χ4n) is 1.25. The van der Waals surface area contributed by atoms with Gasteiger partial charge in [-0.1, -0.05) is 65.3 Å². The lowest BCUT2D eigenvalue weighted by Crippen LogP contribution is -1.95. The summed E-state index contributed by atoms with van der Waals surface area (Å²) in [7, 11) is 0. The van der Waals surface area contributed by atoms with Gasteiger partial charge in [0.1, 0.15) is 5.15 Å². The highest BCUT2D eigenvalue weighted by molar-refractivity contribution is 7.99. The molecular formula is C13H13Cl3N2S. The maximum absolute atomic E-state index is 6.12. The fraction of sp³-hybridized carbons (Fsp3) is 0.231. The Bertz CT molecular complexity index is 518. The van der Waals surface area contributed by atoms with Crippen LogP contribution in [0.5, 0.6) is 0 Å². The molecule has 0 aliphatic rings. The van der Waals surface area contributed by atoms with Gasteiger partial charge in [0.05, 0.1) is 0 Å². The summed E-state index contributed by atoms with van der Waals surface area (Å²) in [5, 5.41) is 2.13. The standard InChI is InChI=1S/C13H13Cl3N2S/c1-4-10(14)9(11(15)5-2)7-19-13-17-8(3)6-12(16)18-13/h4-6H,1,7H2,2-3H3/b10-9+,11-5+. The molecule has 0 amide bonds. The molecule has 6 heteroatoms. The largest absolute Gasteiger partial charge is 0.228 e. The van der Waals surface area contributed by atoms with Crippen LogP contribution in [-0.2, 0) is 0 Å². The van der Waals surface area contributed by atoms with Gasteiger partial charge in [0.2, 0.25) is 0 Å². The van der Waals surface area contributed by atoms with Crippen molar-refractivity contribution in [3.8, 4) is 0 Å². The molecule has 0 unspecified atom stereocenters. The first-order chi connectivity index (χ1) is 8.97. The van der Waals surface area contributed by atoms with Crippen LogP contribution < -0.4 is 0 Å². The van der Waals surface area contributed by atoms with E-state index in [9.17, 15) is 0 Å². The predicted molar refractivity (Wildman–Crippen MR) is 85.2 cm³/mol. The summed E-state index contributed by atoms with van der Waals surface area (Å²) in [5.74, 6) is 0.549. The van der Waals surface area contributed by atoms with Crippen molar-refractivity contribution < 1.29 is 0 Å². The minimum atomic E-state index is 0.424. The van der Waals surface area contributed by atoms with E-state index in [0.717, 1.165) is 11.3 Å². The summed E-state index contributed by atoms with van der Waals surface area (Å²) in [5.41, 5.74) is 1.62.